The second kappa shape index (κ2) is 10.2. The van der Waals surface area contributed by atoms with Crippen molar-refractivity contribution in [3.8, 4) is 0 Å². The summed E-state index contributed by atoms with van der Waals surface area (Å²) in [6.45, 7) is 2.27. The summed E-state index contributed by atoms with van der Waals surface area (Å²) >= 11 is 0. The van der Waals surface area contributed by atoms with Crippen molar-refractivity contribution in [1.29, 1.82) is 0 Å². The second-order valence-corrected chi connectivity index (χ2v) is 9.80. The average Bonchev–Trinajstić information content (AvgIpc) is 2.90. The Morgan fingerprint density at radius 1 is 1.12 bits per heavy atom. The first kappa shape index (κ1) is 23.9. The van der Waals surface area contributed by atoms with Crippen molar-refractivity contribution in [3.05, 3.63) is 65.7 Å². The summed E-state index contributed by atoms with van der Waals surface area (Å²) in [4.78, 5) is 27.3. The number of rotatable bonds is 7. The lowest BCUT2D eigenvalue weighted by Gasteiger charge is -2.33. The molecule has 2 aromatic carbocycles. The fraction of sp³-hybridized carbons (Fsp3) is 0.391. The number of esters is 1. The lowest BCUT2D eigenvalue weighted by Crippen LogP contribution is -2.53. The topological polar surface area (TPSA) is 110 Å². The van der Waals surface area contributed by atoms with Gasteiger partial charge in [0.2, 0.25) is 15.9 Å². The van der Waals surface area contributed by atoms with E-state index in [4.69, 9.17) is 10.5 Å². The Kier molecular flexibility index (Phi) is 7.65. The van der Waals surface area contributed by atoms with Gasteiger partial charge in [-0.1, -0.05) is 48.0 Å². The van der Waals surface area contributed by atoms with Crippen molar-refractivity contribution in [2.24, 2.45) is 5.73 Å². The number of hydrogen-bond acceptors (Lipinski definition) is 6. The van der Waals surface area contributed by atoms with E-state index in [2.05, 4.69) is 0 Å². The fourth-order valence-electron chi connectivity index (χ4n) is 3.75. The van der Waals surface area contributed by atoms with Crippen LogP contribution in [0.15, 0.2) is 59.5 Å². The summed E-state index contributed by atoms with van der Waals surface area (Å²) in [5.41, 5.74) is 7.64. The number of nitrogens with two attached hydrogens (primary N) is 1. The minimum absolute atomic E-state index is 0.0295. The maximum Gasteiger partial charge on any atom is 0.308 e. The predicted octanol–water partition coefficient (Wildman–Crippen LogP) is 1.68. The minimum Gasteiger partial charge on any atom is -0.461 e. The van der Waals surface area contributed by atoms with Gasteiger partial charge in [0.05, 0.1) is 11.3 Å². The van der Waals surface area contributed by atoms with E-state index in [-0.39, 0.29) is 18.0 Å². The lowest BCUT2D eigenvalue weighted by atomic mass is 10.1. The van der Waals surface area contributed by atoms with E-state index in [1.165, 1.54) is 17.0 Å². The first-order valence-corrected chi connectivity index (χ1v) is 11.9. The van der Waals surface area contributed by atoms with Gasteiger partial charge in [-0.15, -0.1) is 0 Å². The zero-order chi connectivity index (χ0) is 23.3. The molecular weight excluding hydrogens is 430 g/mol. The average molecular weight is 460 g/mol. The molecule has 3 rings (SSSR count). The largest absolute Gasteiger partial charge is 0.461 e. The van der Waals surface area contributed by atoms with Crippen molar-refractivity contribution >= 4 is 21.9 Å². The number of likely N-dealkylation sites (N-methyl/N-ethyl adjacent to an activating group) is 1. The molecule has 1 fully saturated rings. The molecule has 1 aliphatic heterocycles. The van der Waals surface area contributed by atoms with E-state index in [9.17, 15) is 18.0 Å². The van der Waals surface area contributed by atoms with E-state index < -0.39 is 40.4 Å². The molecule has 1 aliphatic rings. The maximum absolute atomic E-state index is 13.6. The number of carbonyl (C=O) groups excluding carboxylic acids is 2. The molecule has 1 amide bonds. The molecular formula is C23H29N3O5S. The van der Waals surface area contributed by atoms with Gasteiger partial charge < -0.3 is 15.4 Å². The molecule has 2 N–H and O–H groups in total. The van der Waals surface area contributed by atoms with Crippen molar-refractivity contribution in [1.82, 2.24) is 9.21 Å². The van der Waals surface area contributed by atoms with Crippen molar-refractivity contribution in [3.63, 3.8) is 0 Å². The van der Waals surface area contributed by atoms with Crippen LogP contribution >= 0.6 is 0 Å². The zero-order valence-electron chi connectivity index (χ0n) is 18.3. The first-order chi connectivity index (χ1) is 15.2. The van der Waals surface area contributed by atoms with Gasteiger partial charge in [0.1, 0.15) is 12.6 Å². The Bertz CT molecular complexity index is 1040. The van der Waals surface area contributed by atoms with Gasteiger partial charge in [-0.25, -0.2) is 8.42 Å². The Labute approximate surface area is 189 Å². The van der Waals surface area contributed by atoms with Crippen LogP contribution in [0.1, 0.15) is 24.0 Å². The molecule has 9 heteroatoms. The smallest absolute Gasteiger partial charge is 0.308 e. The third-order valence-electron chi connectivity index (χ3n) is 5.60. The van der Waals surface area contributed by atoms with Crippen LogP contribution in [0.2, 0.25) is 0 Å². The molecule has 0 saturated carbocycles. The van der Waals surface area contributed by atoms with Crippen molar-refractivity contribution < 1.29 is 22.7 Å². The SMILES string of the molecule is Cc1ccc(S(=O)(=O)N2C(CN)CCN(C)C(=O)C2CC(=O)OCc2ccccc2)cc1. The van der Waals surface area contributed by atoms with Crippen molar-refractivity contribution in [2.75, 3.05) is 20.1 Å². The predicted molar refractivity (Wildman–Crippen MR) is 120 cm³/mol. The van der Waals surface area contributed by atoms with Gasteiger partial charge in [0.25, 0.3) is 0 Å². The molecule has 2 atom stereocenters. The van der Waals surface area contributed by atoms with Crippen molar-refractivity contribution in [2.45, 2.75) is 43.4 Å². The number of carbonyl (C=O) groups is 2. The summed E-state index contributed by atoms with van der Waals surface area (Å²) in [5.74, 6) is -1.10. The molecule has 2 aromatic rings. The molecule has 0 bridgehead atoms. The highest BCUT2D eigenvalue weighted by atomic mass is 32.2. The fourth-order valence-corrected chi connectivity index (χ4v) is 5.55. The number of amides is 1. The standard InChI is InChI=1S/C23H29N3O5S/c1-17-8-10-20(11-9-17)32(29,30)26-19(15-24)12-13-25(2)23(28)21(26)14-22(27)31-16-18-6-4-3-5-7-18/h3-11,19,21H,12-16,24H2,1-2H3. The summed E-state index contributed by atoms with van der Waals surface area (Å²) in [6, 6.07) is 13.7. The number of benzene rings is 2. The second-order valence-electron chi connectivity index (χ2n) is 7.95. The van der Waals surface area contributed by atoms with Gasteiger partial charge >= 0.3 is 5.97 Å². The summed E-state index contributed by atoms with van der Waals surface area (Å²) in [5, 5.41) is 0. The van der Waals surface area contributed by atoms with Crippen LogP contribution in [0.4, 0.5) is 0 Å². The van der Waals surface area contributed by atoms with Crippen LogP contribution in [0.25, 0.3) is 0 Å². The third kappa shape index (κ3) is 5.35. The van der Waals surface area contributed by atoms with Gasteiger partial charge in [0, 0.05) is 26.2 Å². The van der Waals surface area contributed by atoms with Crippen LogP contribution in [-0.2, 0) is 31.0 Å². The third-order valence-corrected chi connectivity index (χ3v) is 7.57. The van der Waals surface area contributed by atoms with E-state index in [0.717, 1.165) is 15.4 Å². The summed E-state index contributed by atoms with van der Waals surface area (Å²) in [6.07, 6.45) is -0.0169. The van der Waals surface area contributed by atoms with Gasteiger partial charge in [-0.05, 0) is 31.0 Å². The number of aryl methyl sites for hydroxylation is 1. The molecule has 32 heavy (non-hydrogen) atoms. The molecule has 8 nitrogen and oxygen atoms in total. The number of sulfonamides is 1. The molecule has 1 heterocycles. The highest BCUT2D eigenvalue weighted by molar-refractivity contribution is 7.89. The van der Waals surface area contributed by atoms with E-state index >= 15 is 0 Å². The summed E-state index contributed by atoms with van der Waals surface area (Å²) in [7, 11) is -2.49. The molecule has 0 aromatic heterocycles. The van der Waals surface area contributed by atoms with E-state index in [0.29, 0.717) is 13.0 Å². The Hall–Kier alpha value is -2.75. The van der Waals surface area contributed by atoms with Crippen LogP contribution in [0.3, 0.4) is 0 Å². The zero-order valence-corrected chi connectivity index (χ0v) is 19.1. The maximum atomic E-state index is 13.6. The van der Waals surface area contributed by atoms with Gasteiger partial charge in [0.15, 0.2) is 0 Å². The minimum atomic E-state index is -4.08. The normalized spacial score (nSPS) is 20.1. The molecule has 172 valence electrons. The Balaban J connectivity index is 1.91. The highest BCUT2D eigenvalue weighted by Gasteiger charge is 2.44. The first-order valence-electron chi connectivity index (χ1n) is 10.5. The quantitative estimate of drug-likeness (QED) is 0.631. The summed E-state index contributed by atoms with van der Waals surface area (Å²) < 4.78 is 33.6. The highest BCUT2D eigenvalue weighted by Crippen LogP contribution is 2.28. The van der Waals surface area contributed by atoms with Crippen LogP contribution in [0.5, 0.6) is 0 Å². The van der Waals surface area contributed by atoms with Crippen LogP contribution < -0.4 is 5.73 Å². The van der Waals surface area contributed by atoms with Gasteiger partial charge in [-0.3, -0.25) is 9.59 Å². The monoisotopic (exact) mass is 459 g/mol. The van der Waals surface area contributed by atoms with Gasteiger partial charge in [-0.2, -0.15) is 4.31 Å². The number of nitrogens with zero attached hydrogens (tertiary/aromatic N) is 2. The number of ether oxygens (including phenoxy) is 1. The number of hydrogen-bond donors (Lipinski definition) is 1. The van der Waals surface area contributed by atoms with E-state index in [1.54, 1.807) is 19.2 Å². The molecule has 0 spiro atoms. The van der Waals surface area contributed by atoms with Crippen LogP contribution in [-0.4, -0.2) is 61.7 Å². The van der Waals surface area contributed by atoms with E-state index in [1.807, 2.05) is 37.3 Å². The lowest BCUT2D eigenvalue weighted by molar-refractivity contribution is -0.149. The Morgan fingerprint density at radius 3 is 2.41 bits per heavy atom. The molecule has 1 saturated heterocycles. The Morgan fingerprint density at radius 2 is 1.78 bits per heavy atom. The van der Waals surface area contributed by atoms with Crippen LogP contribution in [0, 0.1) is 6.92 Å². The molecule has 0 radical (unpaired) electrons. The molecule has 0 aliphatic carbocycles. The molecule has 2 unspecified atom stereocenters.